The summed E-state index contributed by atoms with van der Waals surface area (Å²) in [5.74, 6) is 0.398. The number of carbonyl (C=O) groups is 2. The summed E-state index contributed by atoms with van der Waals surface area (Å²) >= 11 is 0. The molecule has 0 atom stereocenters. The van der Waals surface area contributed by atoms with Gasteiger partial charge in [0.25, 0.3) is 0 Å². The standard InChI is InChI=1S/C20H22N6O2/c1-13-6-9-22-26(13)11-8-18(27)25-10-7-16-17(12-25)24-20(23-16)15-4-2-14(3-5-15)19(21)28/h2-6,9H,7-8,10-12H2,1H3,(H2,21,28)(H,23,24). The van der Waals surface area contributed by atoms with Gasteiger partial charge in [0.15, 0.2) is 0 Å². The second-order valence-electron chi connectivity index (χ2n) is 6.96. The first-order chi connectivity index (χ1) is 13.5. The van der Waals surface area contributed by atoms with Crippen molar-refractivity contribution in [3.8, 4) is 11.4 Å². The van der Waals surface area contributed by atoms with E-state index >= 15 is 0 Å². The average Bonchev–Trinajstić information content (AvgIpc) is 3.31. The van der Waals surface area contributed by atoms with Gasteiger partial charge in [-0.05, 0) is 25.1 Å². The minimum absolute atomic E-state index is 0.113. The Hall–Kier alpha value is -3.42. The predicted molar refractivity (Wildman–Crippen MR) is 103 cm³/mol. The molecular weight excluding hydrogens is 356 g/mol. The molecule has 1 aliphatic heterocycles. The summed E-state index contributed by atoms with van der Waals surface area (Å²) in [4.78, 5) is 33.7. The number of hydrogen-bond acceptors (Lipinski definition) is 4. The van der Waals surface area contributed by atoms with Crippen molar-refractivity contribution in [3.63, 3.8) is 0 Å². The fourth-order valence-electron chi connectivity index (χ4n) is 3.43. The van der Waals surface area contributed by atoms with Crippen molar-refractivity contribution in [2.75, 3.05) is 6.54 Å². The number of fused-ring (bicyclic) bond motifs is 1. The maximum absolute atomic E-state index is 12.6. The summed E-state index contributed by atoms with van der Waals surface area (Å²) in [5, 5.41) is 4.22. The van der Waals surface area contributed by atoms with Crippen molar-refractivity contribution < 1.29 is 9.59 Å². The second kappa shape index (κ2) is 7.30. The molecule has 1 aliphatic rings. The zero-order valence-corrected chi connectivity index (χ0v) is 15.7. The Bertz CT molecular complexity index is 1020. The van der Waals surface area contributed by atoms with Crippen molar-refractivity contribution in [3.05, 3.63) is 59.2 Å². The molecule has 0 bridgehead atoms. The summed E-state index contributed by atoms with van der Waals surface area (Å²) in [7, 11) is 0. The number of aromatic nitrogens is 4. The summed E-state index contributed by atoms with van der Waals surface area (Å²) in [5.41, 5.74) is 9.63. The molecule has 0 radical (unpaired) electrons. The highest BCUT2D eigenvalue weighted by atomic mass is 16.2. The van der Waals surface area contributed by atoms with E-state index < -0.39 is 5.91 Å². The van der Waals surface area contributed by atoms with Crippen LogP contribution in [0.3, 0.4) is 0 Å². The van der Waals surface area contributed by atoms with Gasteiger partial charge < -0.3 is 15.6 Å². The summed E-state index contributed by atoms with van der Waals surface area (Å²) < 4.78 is 1.84. The smallest absolute Gasteiger partial charge is 0.248 e. The van der Waals surface area contributed by atoms with Gasteiger partial charge in [-0.25, -0.2) is 4.98 Å². The number of benzene rings is 1. The number of aromatic amines is 1. The Morgan fingerprint density at radius 2 is 2.00 bits per heavy atom. The molecule has 0 unspecified atom stereocenters. The number of primary amides is 1. The van der Waals surface area contributed by atoms with Crippen LogP contribution in [0.25, 0.3) is 11.4 Å². The van der Waals surface area contributed by atoms with E-state index in [0.717, 1.165) is 34.9 Å². The van der Waals surface area contributed by atoms with Gasteiger partial charge in [0.2, 0.25) is 11.8 Å². The Labute approximate surface area is 162 Å². The first-order valence-corrected chi connectivity index (χ1v) is 9.25. The minimum atomic E-state index is -0.454. The molecule has 8 heteroatoms. The molecule has 2 aromatic heterocycles. The number of nitrogens with two attached hydrogens (primary N) is 1. The largest absolute Gasteiger partial charge is 0.366 e. The number of nitrogens with one attached hydrogen (secondary N) is 1. The normalized spacial score (nSPS) is 13.4. The molecule has 4 rings (SSSR count). The maximum atomic E-state index is 12.6. The van der Waals surface area contributed by atoms with Crippen LogP contribution in [0.2, 0.25) is 0 Å². The van der Waals surface area contributed by atoms with Crippen molar-refractivity contribution >= 4 is 11.8 Å². The van der Waals surface area contributed by atoms with Crippen molar-refractivity contribution in [2.24, 2.45) is 5.73 Å². The van der Waals surface area contributed by atoms with E-state index in [-0.39, 0.29) is 5.91 Å². The number of rotatable bonds is 5. The highest BCUT2D eigenvalue weighted by Gasteiger charge is 2.24. The lowest BCUT2D eigenvalue weighted by Gasteiger charge is -2.26. The molecule has 0 spiro atoms. The van der Waals surface area contributed by atoms with Crippen LogP contribution in [0.15, 0.2) is 36.5 Å². The summed E-state index contributed by atoms with van der Waals surface area (Å²) in [6.45, 7) is 3.75. The van der Waals surface area contributed by atoms with Gasteiger partial charge in [0.05, 0.1) is 17.9 Å². The van der Waals surface area contributed by atoms with Crippen molar-refractivity contribution in [1.29, 1.82) is 0 Å². The van der Waals surface area contributed by atoms with Gasteiger partial charge >= 0.3 is 0 Å². The second-order valence-corrected chi connectivity index (χ2v) is 6.96. The monoisotopic (exact) mass is 378 g/mol. The predicted octanol–water partition coefficient (Wildman–Crippen LogP) is 1.66. The molecule has 144 valence electrons. The molecule has 1 aromatic carbocycles. The van der Waals surface area contributed by atoms with E-state index in [4.69, 9.17) is 5.73 Å². The van der Waals surface area contributed by atoms with E-state index in [1.54, 1.807) is 18.3 Å². The lowest BCUT2D eigenvalue weighted by atomic mass is 10.1. The quantitative estimate of drug-likeness (QED) is 0.703. The molecule has 0 saturated heterocycles. The van der Waals surface area contributed by atoms with Gasteiger partial charge in [-0.3, -0.25) is 14.3 Å². The van der Waals surface area contributed by atoms with Crippen LogP contribution < -0.4 is 5.73 Å². The molecule has 0 saturated carbocycles. The zero-order chi connectivity index (χ0) is 19.7. The molecule has 28 heavy (non-hydrogen) atoms. The van der Waals surface area contributed by atoms with Crippen LogP contribution in [0.5, 0.6) is 0 Å². The number of aryl methyl sites for hydroxylation is 2. The van der Waals surface area contributed by atoms with E-state index in [0.29, 0.717) is 31.6 Å². The Kier molecular flexibility index (Phi) is 4.68. The minimum Gasteiger partial charge on any atom is -0.366 e. The Balaban J connectivity index is 1.43. The molecule has 2 amide bonds. The first kappa shape index (κ1) is 18.0. The van der Waals surface area contributed by atoms with Crippen LogP contribution in [0, 0.1) is 6.92 Å². The third-order valence-electron chi connectivity index (χ3n) is 5.09. The molecule has 3 aromatic rings. The number of imidazole rings is 1. The number of amides is 2. The van der Waals surface area contributed by atoms with Gasteiger partial charge in [0.1, 0.15) is 5.82 Å². The lowest BCUT2D eigenvalue weighted by molar-refractivity contribution is -0.132. The van der Waals surface area contributed by atoms with Gasteiger partial charge in [0, 0.05) is 48.9 Å². The van der Waals surface area contributed by atoms with Crippen molar-refractivity contribution in [2.45, 2.75) is 32.9 Å². The van der Waals surface area contributed by atoms with Crippen LogP contribution in [0.4, 0.5) is 0 Å². The topological polar surface area (TPSA) is 110 Å². The van der Waals surface area contributed by atoms with Crippen LogP contribution in [-0.2, 0) is 24.3 Å². The molecule has 0 aliphatic carbocycles. The zero-order valence-electron chi connectivity index (χ0n) is 15.7. The fourth-order valence-corrected chi connectivity index (χ4v) is 3.43. The third-order valence-corrected chi connectivity index (χ3v) is 5.09. The molecule has 3 N–H and O–H groups in total. The summed E-state index contributed by atoms with van der Waals surface area (Å²) in [6.07, 6.45) is 2.89. The van der Waals surface area contributed by atoms with Gasteiger partial charge in [-0.15, -0.1) is 0 Å². The number of hydrogen-bond donors (Lipinski definition) is 2. The van der Waals surface area contributed by atoms with Crippen LogP contribution in [0.1, 0.15) is 33.9 Å². The SMILES string of the molecule is Cc1ccnn1CCC(=O)N1CCc2nc(-c3ccc(C(N)=O)cc3)[nH]c2C1. The number of H-pyrrole nitrogens is 1. The van der Waals surface area contributed by atoms with E-state index in [1.807, 2.05) is 34.7 Å². The number of nitrogens with zero attached hydrogens (tertiary/aromatic N) is 4. The molecule has 0 fully saturated rings. The molecular formula is C20H22N6O2. The van der Waals surface area contributed by atoms with E-state index in [9.17, 15) is 9.59 Å². The van der Waals surface area contributed by atoms with Crippen LogP contribution in [-0.4, -0.2) is 43.0 Å². The fraction of sp³-hybridized carbons (Fsp3) is 0.300. The maximum Gasteiger partial charge on any atom is 0.248 e. The number of carbonyl (C=O) groups excluding carboxylic acids is 2. The molecule has 8 nitrogen and oxygen atoms in total. The van der Waals surface area contributed by atoms with E-state index in [1.165, 1.54) is 0 Å². The highest BCUT2D eigenvalue weighted by Crippen LogP contribution is 2.23. The third kappa shape index (κ3) is 3.53. The summed E-state index contributed by atoms with van der Waals surface area (Å²) in [6, 6.07) is 8.94. The first-order valence-electron chi connectivity index (χ1n) is 9.25. The highest BCUT2D eigenvalue weighted by molar-refractivity contribution is 5.93. The average molecular weight is 378 g/mol. The Morgan fingerprint density at radius 3 is 2.68 bits per heavy atom. The Morgan fingerprint density at radius 1 is 1.21 bits per heavy atom. The lowest BCUT2D eigenvalue weighted by Crippen LogP contribution is -2.36. The van der Waals surface area contributed by atoms with Crippen LogP contribution >= 0.6 is 0 Å². The van der Waals surface area contributed by atoms with Gasteiger partial charge in [-0.2, -0.15) is 5.10 Å². The molecule has 3 heterocycles. The van der Waals surface area contributed by atoms with E-state index in [2.05, 4.69) is 15.1 Å². The van der Waals surface area contributed by atoms with Gasteiger partial charge in [-0.1, -0.05) is 12.1 Å². The van der Waals surface area contributed by atoms with Crippen molar-refractivity contribution in [1.82, 2.24) is 24.6 Å².